The molecule has 142 valence electrons. The number of carbonyl (C=O) groups is 1. The topological polar surface area (TPSA) is 73.5 Å². The summed E-state index contributed by atoms with van der Waals surface area (Å²) in [5.41, 5.74) is -0.0369. The van der Waals surface area contributed by atoms with E-state index in [2.05, 4.69) is 0 Å². The highest BCUT2D eigenvalue weighted by Gasteiger charge is 2.31. The smallest absolute Gasteiger partial charge is 0.333 e. The van der Waals surface area contributed by atoms with E-state index in [1.54, 1.807) is 4.90 Å². The molecule has 0 spiro atoms. The van der Waals surface area contributed by atoms with Crippen LogP contribution in [0.25, 0.3) is 0 Å². The summed E-state index contributed by atoms with van der Waals surface area (Å²) in [5, 5.41) is 0. The monoisotopic (exact) mass is 373 g/mol. The molecule has 27 heavy (non-hydrogen) atoms. The Morgan fingerprint density at radius 3 is 2.81 bits per heavy atom. The summed E-state index contributed by atoms with van der Waals surface area (Å²) in [5.74, 6) is -1.50. The molecule has 4 rings (SSSR count). The van der Waals surface area contributed by atoms with Crippen LogP contribution in [-0.4, -0.2) is 27.7 Å². The van der Waals surface area contributed by atoms with E-state index >= 15 is 0 Å². The molecule has 1 aromatic heterocycles. The van der Waals surface area contributed by atoms with E-state index in [1.165, 1.54) is 0 Å². The number of halogens is 1. The van der Waals surface area contributed by atoms with E-state index in [4.69, 9.17) is 4.74 Å². The first-order chi connectivity index (χ1) is 13.0. The Hall–Kier alpha value is -2.74. The van der Waals surface area contributed by atoms with Crippen LogP contribution in [0, 0.1) is 5.82 Å². The summed E-state index contributed by atoms with van der Waals surface area (Å²) in [7, 11) is 0. The lowest BCUT2D eigenvalue weighted by Crippen LogP contribution is -2.47. The van der Waals surface area contributed by atoms with Gasteiger partial charge in [-0.3, -0.25) is 14.2 Å². The molecule has 1 aromatic carbocycles. The standard InChI is InChI=1S/C19H20FN3O4/c1-12-9-13-5-2-3-6-15(13)23(12)16(24)11-22-18(25)14(20)10-21(19(22)26)17-7-4-8-27-17/h2-3,5-6,10,12,17H,4,7-9,11H2,1H3/t12-,17+/m1/s1. The zero-order valence-corrected chi connectivity index (χ0v) is 14.9. The molecule has 0 bridgehead atoms. The maximum atomic E-state index is 14.1. The van der Waals surface area contributed by atoms with Gasteiger partial charge in [-0.2, -0.15) is 4.39 Å². The Morgan fingerprint density at radius 2 is 2.07 bits per heavy atom. The van der Waals surface area contributed by atoms with E-state index in [0.29, 0.717) is 24.0 Å². The summed E-state index contributed by atoms with van der Waals surface area (Å²) in [6, 6.07) is 7.40. The molecule has 1 amide bonds. The Labute approximate surface area is 154 Å². The van der Waals surface area contributed by atoms with E-state index in [9.17, 15) is 18.8 Å². The van der Waals surface area contributed by atoms with Crippen LogP contribution < -0.4 is 16.1 Å². The largest absolute Gasteiger partial charge is 0.358 e. The van der Waals surface area contributed by atoms with Crippen molar-refractivity contribution >= 4 is 11.6 Å². The summed E-state index contributed by atoms with van der Waals surface area (Å²) >= 11 is 0. The number of rotatable bonds is 3. The van der Waals surface area contributed by atoms with Gasteiger partial charge >= 0.3 is 5.69 Å². The number of para-hydroxylation sites is 1. The van der Waals surface area contributed by atoms with Gasteiger partial charge in [0.15, 0.2) is 0 Å². The fraction of sp³-hybridized carbons (Fsp3) is 0.421. The van der Waals surface area contributed by atoms with Crippen molar-refractivity contribution < 1.29 is 13.9 Å². The molecule has 0 saturated carbocycles. The number of carbonyl (C=O) groups excluding carboxylic acids is 1. The van der Waals surface area contributed by atoms with Gasteiger partial charge in [-0.05, 0) is 37.8 Å². The maximum Gasteiger partial charge on any atom is 0.333 e. The van der Waals surface area contributed by atoms with Crippen molar-refractivity contribution in [1.82, 2.24) is 9.13 Å². The fourth-order valence-corrected chi connectivity index (χ4v) is 3.87. The van der Waals surface area contributed by atoms with Gasteiger partial charge in [-0.15, -0.1) is 0 Å². The molecule has 2 aliphatic heterocycles. The third kappa shape index (κ3) is 2.99. The van der Waals surface area contributed by atoms with E-state index in [-0.39, 0.29) is 6.04 Å². The summed E-state index contributed by atoms with van der Waals surface area (Å²) in [4.78, 5) is 39.4. The second-order valence-corrected chi connectivity index (χ2v) is 6.97. The van der Waals surface area contributed by atoms with Gasteiger partial charge in [0.1, 0.15) is 12.8 Å². The Morgan fingerprint density at radius 1 is 1.30 bits per heavy atom. The van der Waals surface area contributed by atoms with Gasteiger partial charge in [-0.1, -0.05) is 18.2 Å². The minimum Gasteiger partial charge on any atom is -0.358 e. The number of aromatic nitrogens is 2. The average molecular weight is 373 g/mol. The minimum absolute atomic E-state index is 0.0976. The second kappa shape index (κ2) is 6.77. The van der Waals surface area contributed by atoms with Crippen LogP contribution in [0.4, 0.5) is 10.1 Å². The summed E-state index contributed by atoms with van der Waals surface area (Å²) < 4.78 is 21.3. The summed E-state index contributed by atoms with van der Waals surface area (Å²) in [6.07, 6.45) is 2.26. The van der Waals surface area contributed by atoms with E-state index in [1.807, 2.05) is 31.2 Å². The number of amides is 1. The van der Waals surface area contributed by atoms with Crippen LogP contribution >= 0.6 is 0 Å². The van der Waals surface area contributed by atoms with Gasteiger partial charge < -0.3 is 9.64 Å². The predicted molar refractivity (Wildman–Crippen MR) is 96.2 cm³/mol. The lowest BCUT2D eigenvalue weighted by molar-refractivity contribution is -0.119. The SMILES string of the molecule is C[C@@H]1Cc2ccccc2N1C(=O)Cn1c(=O)c(F)cn([C@@H]2CCCO2)c1=O. The lowest BCUT2D eigenvalue weighted by atomic mass is 10.1. The molecular weight excluding hydrogens is 353 g/mol. The molecule has 0 radical (unpaired) electrons. The molecule has 8 heteroatoms. The molecule has 2 atom stereocenters. The van der Waals surface area contributed by atoms with Crippen molar-refractivity contribution in [2.24, 2.45) is 0 Å². The normalized spacial score (nSPS) is 21.5. The molecule has 7 nitrogen and oxygen atoms in total. The number of hydrogen-bond acceptors (Lipinski definition) is 4. The highest BCUT2D eigenvalue weighted by atomic mass is 19.1. The minimum atomic E-state index is -1.09. The van der Waals surface area contributed by atoms with Crippen LogP contribution in [-0.2, 0) is 22.5 Å². The molecule has 1 saturated heterocycles. The van der Waals surface area contributed by atoms with Gasteiger partial charge in [-0.25, -0.2) is 9.36 Å². The van der Waals surface area contributed by atoms with Gasteiger partial charge in [0.25, 0.3) is 5.56 Å². The number of benzene rings is 1. The van der Waals surface area contributed by atoms with Crippen molar-refractivity contribution in [3.05, 3.63) is 62.7 Å². The second-order valence-electron chi connectivity index (χ2n) is 6.97. The summed E-state index contributed by atoms with van der Waals surface area (Å²) in [6.45, 7) is 1.86. The third-order valence-electron chi connectivity index (χ3n) is 5.14. The molecule has 0 aliphatic carbocycles. The first-order valence-electron chi connectivity index (χ1n) is 9.00. The first kappa shape index (κ1) is 17.7. The van der Waals surface area contributed by atoms with Crippen molar-refractivity contribution in [2.45, 2.75) is 45.0 Å². The van der Waals surface area contributed by atoms with E-state index in [0.717, 1.165) is 28.4 Å². The molecule has 1 fully saturated rings. The first-order valence-corrected chi connectivity index (χ1v) is 9.00. The zero-order valence-electron chi connectivity index (χ0n) is 14.9. The zero-order chi connectivity index (χ0) is 19.1. The quantitative estimate of drug-likeness (QED) is 0.816. The molecule has 0 N–H and O–H groups in total. The molecule has 2 aromatic rings. The van der Waals surface area contributed by atoms with Gasteiger partial charge in [0.2, 0.25) is 11.7 Å². The van der Waals surface area contributed by atoms with Crippen LogP contribution in [0.2, 0.25) is 0 Å². The van der Waals surface area contributed by atoms with Crippen molar-refractivity contribution in [2.75, 3.05) is 11.5 Å². The molecule has 0 unspecified atom stereocenters. The number of ether oxygens (including phenoxy) is 1. The molecule has 3 heterocycles. The fourth-order valence-electron chi connectivity index (χ4n) is 3.87. The Balaban J connectivity index is 1.69. The van der Waals surface area contributed by atoms with Crippen LogP contribution in [0.5, 0.6) is 0 Å². The lowest BCUT2D eigenvalue weighted by Gasteiger charge is -2.23. The number of nitrogens with zero attached hydrogens (tertiary/aromatic N) is 3. The van der Waals surface area contributed by atoms with Crippen LogP contribution in [0.1, 0.15) is 31.6 Å². The highest BCUT2D eigenvalue weighted by molar-refractivity contribution is 5.96. The van der Waals surface area contributed by atoms with Gasteiger partial charge in [0, 0.05) is 18.3 Å². The Kier molecular flexibility index (Phi) is 4.43. The van der Waals surface area contributed by atoms with Crippen molar-refractivity contribution in [3.63, 3.8) is 0 Å². The van der Waals surface area contributed by atoms with Crippen molar-refractivity contribution in [1.29, 1.82) is 0 Å². The maximum absolute atomic E-state index is 14.1. The molecule has 2 aliphatic rings. The highest BCUT2D eigenvalue weighted by Crippen LogP contribution is 2.31. The average Bonchev–Trinajstić information content (AvgIpc) is 3.28. The van der Waals surface area contributed by atoms with Crippen LogP contribution in [0.3, 0.4) is 0 Å². The Bertz CT molecular complexity index is 1010. The van der Waals surface area contributed by atoms with Gasteiger partial charge in [0.05, 0.1) is 6.20 Å². The number of anilines is 1. The van der Waals surface area contributed by atoms with Crippen LogP contribution in [0.15, 0.2) is 40.1 Å². The number of fused-ring (bicyclic) bond motifs is 1. The molecular formula is C19H20FN3O4. The van der Waals surface area contributed by atoms with E-state index < -0.39 is 35.7 Å². The van der Waals surface area contributed by atoms with Crippen molar-refractivity contribution in [3.8, 4) is 0 Å². The predicted octanol–water partition coefficient (Wildman–Crippen LogP) is 1.44. The third-order valence-corrected chi connectivity index (χ3v) is 5.14. The number of hydrogen-bond donors (Lipinski definition) is 0.